The van der Waals surface area contributed by atoms with Crippen molar-refractivity contribution in [3.05, 3.63) is 0 Å². The van der Waals surface area contributed by atoms with Gasteiger partial charge in [-0.3, -0.25) is 0 Å². The monoisotopic (exact) mass is 227 g/mol. The van der Waals surface area contributed by atoms with Crippen LogP contribution in [-0.4, -0.2) is 41.1 Å². The molecule has 1 rings (SSSR count). The van der Waals surface area contributed by atoms with Crippen LogP contribution >= 0.6 is 11.8 Å². The smallest absolute Gasteiger partial charge is 0.208 e. The fourth-order valence-electron chi connectivity index (χ4n) is 1.89. The number of thioether (sulfide) groups is 1. The van der Waals surface area contributed by atoms with Gasteiger partial charge >= 0.3 is 0 Å². The zero-order valence-electron chi connectivity index (χ0n) is 9.65. The van der Waals surface area contributed by atoms with Crippen LogP contribution in [0.2, 0.25) is 0 Å². The normalized spacial score (nSPS) is 26.2. The van der Waals surface area contributed by atoms with Crippen LogP contribution in [0, 0.1) is 11.5 Å². The molecule has 0 radical (unpaired) electrons. The van der Waals surface area contributed by atoms with Gasteiger partial charge in [-0.15, -0.1) is 4.99 Å². The predicted octanol–water partition coefficient (Wildman–Crippen LogP) is 1.69. The number of morpholine rings is 1. The maximum absolute atomic E-state index is 8.59. The lowest BCUT2D eigenvalue weighted by Crippen LogP contribution is -2.53. The molecular weight excluding hydrogens is 210 g/mol. The lowest BCUT2D eigenvalue weighted by molar-refractivity contribution is -0.112. The maximum atomic E-state index is 8.59. The third-order valence-electron chi connectivity index (χ3n) is 2.17. The number of nitriles is 1. The summed E-state index contributed by atoms with van der Waals surface area (Å²) in [6, 6.07) is 0. The van der Waals surface area contributed by atoms with Gasteiger partial charge in [-0.1, -0.05) is 11.8 Å². The molecule has 1 atom stereocenters. The Balaban J connectivity index is 2.78. The number of aliphatic imine (C=N–C) groups is 1. The Morgan fingerprint density at radius 3 is 2.80 bits per heavy atom. The molecule has 0 N–H and O–H groups in total. The van der Waals surface area contributed by atoms with Crippen molar-refractivity contribution in [3.63, 3.8) is 0 Å². The second-order valence-electron chi connectivity index (χ2n) is 4.27. The summed E-state index contributed by atoms with van der Waals surface area (Å²) >= 11 is 1.50. The Morgan fingerprint density at radius 2 is 2.33 bits per heavy atom. The molecule has 1 aliphatic heterocycles. The molecule has 0 saturated carbocycles. The van der Waals surface area contributed by atoms with Crippen LogP contribution in [0.15, 0.2) is 4.99 Å². The molecule has 0 bridgehead atoms. The van der Waals surface area contributed by atoms with Crippen molar-refractivity contribution >= 4 is 16.9 Å². The van der Waals surface area contributed by atoms with Gasteiger partial charge in [0.15, 0.2) is 5.17 Å². The molecule has 1 unspecified atom stereocenters. The van der Waals surface area contributed by atoms with E-state index < -0.39 is 0 Å². The lowest BCUT2D eigenvalue weighted by Gasteiger charge is -2.42. The molecule has 1 heterocycles. The Kier molecular flexibility index (Phi) is 4.00. The maximum Gasteiger partial charge on any atom is 0.208 e. The Hall–Kier alpha value is -0.730. The molecule has 1 aliphatic rings. The number of hydrogen-bond donors (Lipinski definition) is 0. The first kappa shape index (κ1) is 12.3. The number of nitrogens with zero attached hydrogens (tertiary/aromatic N) is 3. The van der Waals surface area contributed by atoms with Gasteiger partial charge in [0.1, 0.15) is 0 Å². The fraction of sp³-hybridized carbons (Fsp3) is 0.800. The molecule has 15 heavy (non-hydrogen) atoms. The van der Waals surface area contributed by atoms with E-state index in [9.17, 15) is 0 Å². The van der Waals surface area contributed by atoms with E-state index in [1.807, 2.05) is 19.4 Å². The van der Waals surface area contributed by atoms with Crippen LogP contribution in [0.25, 0.3) is 0 Å². The van der Waals surface area contributed by atoms with E-state index in [1.54, 1.807) is 0 Å². The zero-order chi connectivity index (χ0) is 11.5. The fourth-order valence-corrected chi connectivity index (χ4v) is 2.42. The minimum absolute atomic E-state index is 0.171. The molecule has 0 aromatic heterocycles. The first-order valence-electron chi connectivity index (χ1n) is 4.92. The van der Waals surface area contributed by atoms with Crippen molar-refractivity contribution in [1.29, 1.82) is 5.26 Å². The summed E-state index contributed by atoms with van der Waals surface area (Å²) in [5.41, 5.74) is -0.177. The molecule has 84 valence electrons. The van der Waals surface area contributed by atoms with Gasteiger partial charge in [-0.25, -0.2) is 0 Å². The molecule has 0 aromatic carbocycles. The predicted molar refractivity (Wildman–Crippen MR) is 62.8 cm³/mol. The van der Waals surface area contributed by atoms with Crippen LogP contribution in [0.5, 0.6) is 0 Å². The van der Waals surface area contributed by atoms with E-state index in [-0.39, 0.29) is 11.7 Å². The van der Waals surface area contributed by atoms with Crippen LogP contribution in [0.3, 0.4) is 0 Å². The van der Waals surface area contributed by atoms with Crippen LogP contribution < -0.4 is 0 Å². The van der Waals surface area contributed by atoms with Crippen molar-refractivity contribution in [3.8, 4) is 6.19 Å². The largest absolute Gasteiger partial charge is 0.369 e. The first-order chi connectivity index (χ1) is 6.98. The molecule has 4 nitrogen and oxygen atoms in total. The highest BCUT2D eigenvalue weighted by atomic mass is 32.2. The van der Waals surface area contributed by atoms with Crippen molar-refractivity contribution in [2.75, 3.05) is 19.3 Å². The van der Waals surface area contributed by atoms with E-state index in [0.717, 1.165) is 18.3 Å². The number of hydrogen-bond acceptors (Lipinski definition) is 4. The van der Waals surface area contributed by atoms with E-state index in [2.05, 4.69) is 23.7 Å². The lowest BCUT2D eigenvalue weighted by atomic mass is 10.1. The summed E-state index contributed by atoms with van der Waals surface area (Å²) in [5.74, 6) is 0. The Labute approximate surface area is 95.3 Å². The summed E-state index contributed by atoms with van der Waals surface area (Å²) in [6.45, 7) is 7.72. The van der Waals surface area contributed by atoms with E-state index in [4.69, 9.17) is 10.00 Å². The van der Waals surface area contributed by atoms with Gasteiger partial charge in [0.05, 0.1) is 11.7 Å². The van der Waals surface area contributed by atoms with Gasteiger partial charge in [0.25, 0.3) is 0 Å². The van der Waals surface area contributed by atoms with Crippen molar-refractivity contribution < 1.29 is 4.74 Å². The Morgan fingerprint density at radius 1 is 1.67 bits per heavy atom. The van der Waals surface area contributed by atoms with Gasteiger partial charge in [0, 0.05) is 13.1 Å². The van der Waals surface area contributed by atoms with Crippen LogP contribution in [0.4, 0.5) is 0 Å². The SMILES string of the molecule is CSC(=NC#N)N1CC(C)OC(C)(C)C1. The van der Waals surface area contributed by atoms with Gasteiger partial charge < -0.3 is 9.64 Å². The molecule has 5 heteroatoms. The molecular formula is C10H17N3OS. The molecule has 0 aliphatic carbocycles. The first-order valence-corrected chi connectivity index (χ1v) is 6.14. The minimum atomic E-state index is -0.177. The highest BCUT2D eigenvalue weighted by molar-refractivity contribution is 8.13. The van der Waals surface area contributed by atoms with Crippen molar-refractivity contribution in [1.82, 2.24) is 4.90 Å². The third kappa shape index (κ3) is 3.40. The van der Waals surface area contributed by atoms with Gasteiger partial charge in [0.2, 0.25) is 6.19 Å². The third-order valence-corrected chi connectivity index (χ3v) is 2.88. The summed E-state index contributed by atoms with van der Waals surface area (Å²) < 4.78 is 5.79. The summed E-state index contributed by atoms with van der Waals surface area (Å²) in [5, 5.41) is 9.36. The van der Waals surface area contributed by atoms with E-state index in [1.165, 1.54) is 11.8 Å². The van der Waals surface area contributed by atoms with E-state index in [0.29, 0.717) is 0 Å². The van der Waals surface area contributed by atoms with Crippen LogP contribution in [-0.2, 0) is 4.74 Å². The Bertz CT molecular complexity index is 296. The molecule has 0 aromatic rings. The molecule has 0 amide bonds. The zero-order valence-corrected chi connectivity index (χ0v) is 10.5. The topological polar surface area (TPSA) is 48.6 Å². The highest BCUT2D eigenvalue weighted by Gasteiger charge is 2.32. The average Bonchev–Trinajstić information content (AvgIpc) is 2.10. The van der Waals surface area contributed by atoms with Crippen molar-refractivity contribution in [2.24, 2.45) is 4.99 Å². The van der Waals surface area contributed by atoms with Crippen LogP contribution in [0.1, 0.15) is 20.8 Å². The molecule has 1 saturated heterocycles. The quantitative estimate of drug-likeness (QED) is 0.359. The number of amidine groups is 1. The average molecular weight is 227 g/mol. The van der Waals surface area contributed by atoms with Gasteiger partial charge in [-0.2, -0.15) is 5.26 Å². The van der Waals surface area contributed by atoms with Gasteiger partial charge in [-0.05, 0) is 27.0 Å². The standard InChI is InChI=1S/C10H17N3OS/c1-8-5-13(6-10(2,3)14-8)9(15-4)12-7-11/h8H,5-6H2,1-4H3. The minimum Gasteiger partial charge on any atom is -0.369 e. The molecule has 1 fully saturated rings. The highest BCUT2D eigenvalue weighted by Crippen LogP contribution is 2.22. The van der Waals surface area contributed by atoms with Crippen molar-refractivity contribution in [2.45, 2.75) is 32.5 Å². The summed E-state index contributed by atoms with van der Waals surface area (Å²) in [4.78, 5) is 5.94. The second-order valence-corrected chi connectivity index (χ2v) is 5.04. The number of rotatable bonds is 0. The van der Waals surface area contributed by atoms with E-state index >= 15 is 0 Å². The summed E-state index contributed by atoms with van der Waals surface area (Å²) in [7, 11) is 0. The second kappa shape index (κ2) is 4.86. The summed E-state index contributed by atoms with van der Waals surface area (Å²) in [6.07, 6.45) is 3.95. The number of ether oxygens (including phenoxy) is 1. The molecule has 0 spiro atoms.